The molecule has 0 bridgehead atoms. The summed E-state index contributed by atoms with van der Waals surface area (Å²) in [5, 5.41) is 2.26. The normalized spacial score (nSPS) is 11.0. The second-order valence-electron chi connectivity index (χ2n) is 11.2. The Balaban J connectivity index is 1.21. The summed E-state index contributed by atoms with van der Waals surface area (Å²) in [4.78, 5) is 19.9. The minimum atomic E-state index is 0.708. The van der Waals surface area contributed by atoms with E-state index in [9.17, 15) is 0 Å². The van der Waals surface area contributed by atoms with Crippen molar-refractivity contribution < 1.29 is 0 Å². The molecule has 8 rings (SSSR count). The number of hydrogen-bond acceptors (Lipinski definition) is 4. The van der Waals surface area contributed by atoms with Crippen LogP contribution in [0.15, 0.2) is 170 Å². The standard InChI is InChI=1S/C42H28N4/c1-5-13-29(14-6-1)37-27-39(45-41(43-37)31-17-9-3-10-18-31)35-23-21-34-26-36(24-22-33(34)25-35)40-28-38(30-15-7-2-8-16-30)44-42(46-40)32-19-11-4-12-20-32/h1-28H. The van der Waals surface area contributed by atoms with Gasteiger partial charge < -0.3 is 0 Å². The summed E-state index contributed by atoms with van der Waals surface area (Å²) in [6.07, 6.45) is 0. The number of nitrogens with zero attached hydrogens (tertiary/aromatic N) is 4. The van der Waals surface area contributed by atoms with Crippen molar-refractivity contribution in [3.05, 3.63) is 170 Å². The maximum atomic E-state index is 5.02. The Morgan fingerprint density at radius 3 is 0.891 bits per heavy atom. The van der Waals surface area contributed by atoms with E-state index in [4.69, 9.17) is 19.9 Å². The predicted octanol–water partition coefficient (Wildman–Crippen LogP) is 10.4. The molecule has 4 heteroatoms. The van der Waals surface area contributed by atoms with Gasteiger partial charge in [0.25, 0.3) is 0 Å². The van der Waals surface area contributed by atoms with Crippen molar-refractivity contribution in [1.29, 1.82) is 0 Å². The van der Waals surface area contributed by atoms with Gasteiger partial charge in [-0.1, -0.05) is 146 Å². The number of rotatable bonds is 6. The summed E-state index contributed by atoms with van der Waals surface area (Å²) in [6.45, 7) is 0. The Morgan fingerprint density at radius 1 is 0.239 bits per heavy atom. The molecular formula is C42H28N4. The van der Waals surface area contributed by atoms with E-state index in [0.717, 1.165) is 66.9 Å². The first kappa shape index (κ1) is 27.3. The molecule has 0 unspecified atom stereocenters. The maximum absolute atomic E-state index is 5.02. The van der Waals surface area contributed by atoms with Crippen LogP contribution in [-0.2, 0) is 0 Å². The van der Waals surface area contributed by atoms with Crippen molar-refractivity contribution in [2.45, 2.75) is 0 Å². The van der Waals surface area contributed by atoms with Gasteiger partial charge in [0.1, 0.15) is 0 Å². The average Bonchev–Trinajstić information content (AvgIpc) is 3.15. The highest BCUT2D eigenvalue weighted by Crippen LogP contribution is 2.32. The summed E-state index contributed by atoms with van der Waals surface area (Å²) in [5.41, 5.74) is 9.73. The largest absolute Gasteiger partial charge is 0.228 e. The molecule has 8 aromatic rings. The molecule has 2 heterocycles. The Hall–Kier alpha value is -6.26. The summed E-state index contributed by atoms with van der Waals surface area (Å²) in [6, 6.07) is 58.0. The summed E-state index contributed by atoms with van der Waals surface area (Å²) < 4.78 is 0. The Morgan fingerprint density at radius 2 is 0.543 bits per heavy atom. The van der Waals surface area contributed by atoms with Crippen molar-refractivity contribution >= 4 is 10.8 Å². The molecule has 0 atom stereocenters. The molecule has 46 heavy (non-hydrogen) atoms. The van der Waals surface area contributed by atoms with E-state index in [2.05, 4.69) is 97.1 Å². The van der Waals surface area contributed by atoms with E-state index in [1.807, 2.05) is 72.8 Å². The zero-order chi connectivity index (χ0) is 30.7. The average molecular weight is 589 g/mol. The van der Waals surface area contributed by atoms with E-state index in [1.54, 1.807) is 0 Å². The van der Waals surface area contributed by atoms with E-state index < -0.39 is 0 Å². The highest BCUT2D eigenvalue weighted by molar-refractivity contribution is 5.91. The van der Waals surface area contributed by atoms with Crippen LogP contribution in [0.2, 0.25) is 0 Å². The quantitative estimate of drug-likeness (QED) is 0.194. The lowest BCUT2D eigenvalue weighted by Gasteiger charge is -2.11. The van der Waals surface area contributed by atoms with E-state index in [0.29, 0.717) is 11.6 Å². The van der Waals surface area contributed by atoms with Gasteiger partial charge in [0.2, 0.25) is 0 Å². The first-order valence-corrected chi connectivity index (χ1v) is 15.3. The molecule has 6 aromatic carbocycles. The first-order valence-electron chi connectivity index (χ1n) is 15.3. The van der Waals surface area contributed by atoms with Crippen molar-refractivity contribution in [3.63, 3.8) is 0 Å². The van der Waals surface area contributed by atoms with Gasteiger partial charge in [-0.2, -0.15) is 0 Å². The first-order chi connectivity index (χ1) is 22.8. The van der Waals surface area contributed by atoms with E-state index in [1.165, 1.54) is 0 Å². The molecule has 0 aliphatic rings. The molecule has 0 amide bonds. The van der Waals surface area contributed by atoms with Crippen molar-refractivity contribution in [3.8, 4) is 67.8 Å². The molecule has 4 nitrogen and oxygen atoms in total. The van der Waals surface area contributed by atoms with Crippen LogP contribution in [0.4, 0.5) is 0 Å². The Bertz CT molecular complexity index is 2000. The smallest absolute Gasteiger partial charge is 0.160 e. The summed E-state index contributed by atoms with van der Waals surface area (Å²) >= 11 is 0. The highest BCUT2D eigenvalue weighted by atomic mass is 14.9. The molecule has 0 saturated carbocycles. The second kappa shape index (κ2) is 12.0. The molecule has 0 spiro atoms. The number of hydrogen-bond donors (Lipinski definition) is 0. The Labute approximate surface area is 267 Å². The molecule has 0 N–H and O–H groups in total. The van der Waals surface area contributed by atoms with Crippen molar-refractivity contribution in [1.82, 2.24) is 19.9 Å². The molecule has 0 saturated heterocycles. The van der Waals surface area contributed by atoms with Crippen LogP contribution in [-0.4, -0.2) is 19.9 Å². The SMILES string of the molecule is c1ccc(-c2cc(-c3ccc4cc(-c5cc(-c6ccccc6)nc(-c6ccccc6)n5)ccc4c3)nc(-c3ccccc3)n2)cc1. The van der Waals surface area contributed by atoms with Crippen LogP contribution >= 0.6 is 0 Å². The van der Waals surface area contributed by atoms with Crippen LogP contribution in [0, 0.1) is 0 Å². The highest BCUT2D eigenvalue weighted by Gasteiger charge is 2.13. The van der Waals surface area contributed by atoms with Crippen LogP contribution in [0.3, 0.4) is 0 Å². The van der Waals surface area contributed by atoms with Gasteiger partial charge in [-0.05, 0) is 35.0 Å². The number of benzene rings is 6. The number of fused-ring (bicyclic) bond motifs is 1. The van der Waals surface area contributed by atoms with Gasteiger partial charge in [0.05, 0.1) is 22.8 Å². The van der Waals surface area contributed by atoms with E-state index >= 15 is 0 Å². The fourth-order valence-electron chi connectivity index (χ4n) is 5.70. The van der Waals surface area contributed by atoms with Gasteiger partial charge in [0.15, 0.2) is 11.6 Å². The van der Waals surface area contributed by atoms with Crippen LogP contribution in [0.25, 0.3) is 78.6 Å². The molecule has 0 aliphatic heterocycles. The zero-order valence-electron chi connectivity index (χ0n) is 25.0. The monoisotopic (exact) mass is 588 g/mol. The lowest BCUT2D eigenvalue weighted by Crippen LogP contribution is -1.96. The molecule has 0 fully saturated rings. The van der Waals surface area contributed by atoms with Crippen LogP contribution in [0.1, 0.15) is 0 Å². The lowest BCUT2D eigenvalue weighted by molar-refractivity contribution is 1.18. The summed E-state index contributed by atoms with van der Waals surface area (Å²) in [7, 11) is 0. The third-order valence-corrected chi connectivity index (χ3v) is 8.09. The fraction of sp³-hybridized carbons (Fsp3) is 0. The molecule has 216 valence electrons. The molecule has 0 radical (unpaired) electrons. The topological polar surface area (TPSA) is 51.6 Å². The van der Waals surface area contributed by atoms with Gasteiger partial charge >= 0.3 is 0 Å². The predicted molar refractivity (Wildman–Crippen MR) is 188 cm³/mol. The minimum Gasteiger partial charge on any atom is -0.228 e. The zero-order valence-corrected chi connectivity index (χ0v) is 25.0. The van der Waals surface area contributed by atoms with Crippen LogP contribution in [0.5, 0.6) is 0 Å². The summed E-state index contributed by atoms with van der Waals surface area (Å²) in [5.74, 6) is 1.42. The third kappa shape index (κ3) is 5.56. The Kier molecular flexibility index (Phi) is 7.14. The minimum absolute atomic E-state index is 0.708. The molecule has 0 aliphatic carbocycles. The fourth-order valence-corrected chi connectivity index (χ4v) is 5.70. The van der Waals surface area contributed by atoms with Gasteiger partial charge in [-0.25, -0.2) is 19.9 Å². The van der Waals surface area contributed by atoms with Gasteiger partial charge in [0, 0.05) is 33.4 Å². The molecule has 2 aromatic heterocycles. The maximum Gasteiger partial charge on any atom is 0.160 e. The lowest BCUT2D eigenvalue weighted by atomic mass is 9.99. The third-order valence-electron chi connectivity index (χ3n) is 8.09. The molecular weight excluding hydrogens is 560 g/mol. The van der Waals surface area contributed by atoms with Gasteiger partial charge in [-0.15, -0.1) is 0 Å². The van der Waals surface area contributed by atoms with E-state index in [-0.39, 0.29) is 0 Å². The second-order valence-corrected chi connectivity index (χ2v) is 11.2. The van der Waals surface area contributed by atoms with Crippen molar-refractivity contribution in [2.75, 3.05) is 0 Å². The van der Waals surface area contributed by atoms with Crippen LogP contribution < -0.4 is 0 Å². The van der Waals surface area contributed by atoms with Crippen molar-refractivity contribution in [2.24, 2.45) is 0 Å². The van der Waals surface area contributed by atoms with Gasteiger partial charge in [-0.3, -0.25) is 0 Å². The number of aromatic nitrogens is 4.